The topological polar surface area (TPSA) is 40.5 Å². The van der Waals surface area contributed by atoms with Crippen LogP contribution in [0.15, 0.2) is 10.4 Å². The number of nitrogens with zero attached hydrogens (tertiary/aromatic N) is 3. The summed E-state index contributed by atoms with van der Waals surface area (Å²) in [6, 6.07) is 0. The molecule has 1 fully saturated rings. The zero-order valence-corrected chi connectivity index (χ0v) is 18.5. The lowest BCUT2D eigenvalue weighted by molar-refractivity contribution is 0.381. The predicted octanol–water partition coefficient (Wildman–Crippen LogP) is 3.51. The largest absolute Gasteiger partial charge is 0.356 e. The van der Waals surface area contributed by atoms with E-state index < -0.39 is 0 Å². The van der Waals surface area contributed by atoms with Crippen molar-refractivity contribution in [3.05, 3.63) is 16.1 Å². The third-order valence-electron chi connectivity index (χ3n) is 3.91. The number of rotatable bonds is 5. The fraction of sp³-hybridized carbons (Fsp3) is 0.750. The Kier molecular flexibility index (Phi) is 9.84. The molecule has 0 saturated carbocycles. The highest BCUT2D eigenvalue weighted by Gasteiger charge is 2.24. The monoisotopic (exact) mass is 468 g/mol. The van der Waals surface area contributed by atoms with Crippen LogP contribution in [0, 0.1) is 5.92 Å². The van der Waals surface area contributed by atoms with E-state index in [0.29, 0.717) is 11.2 Å². The lowest BCUT2D eigenvalue weighted by atomic mass is 10.1. The van der Waals surface area contributed by atoms with Crippen LogP contribution in [0.2, 0.25) is 0 Å². The van der Waals surface area contributed by atoms with Gasteiger partial charge in [-0.2, -0.15) is 11.8 Å². The molecule has 1 aromatic heterocycles. The minimum Gasteiger partial charge on any atom is -0.356 e. The Bertz CT molecular complexity index is 490. The Morgan fingerprint density at radius 2 is 2.30 bits per heavy atom. The molecule has 2 rings (SSSR count). The fourth-order valence-electron chi connectivity index (χ4n) is 2.53. The van der Waals surface area contributed by atoms with Gasteiger partial charge in [0, 0.05) is 49.5 Å². The fourth-order valence-corrected chi connectivity index (χ4v) is 4.61. The summed E-state index contributed by atoms with van der Waals surface area (Å²) >= 11 is 3.86. The van der Waals surface area contributed by atoms with Crippen molar-refractivity contribution in [2.24, 2.45) is 10.9 Å². The van der Waals surface area contributed by atoms with E-state index in [9.17, 15) is 0 Å². The van der Waals surface area contributed by atoms with Crippen LogP contribution in [0.3, 0.4) is 0 Å². The van der Waals surface area contributed by atoms with E-state index in [2.05, 4.69) is 58.1 Å². The molecule has 132 valence electrons. The summed E-state index contributed by atoms with van der Waals surface area (Å²) in [5.74, 6) is 2.94. The van der Waals surface area contributed by atoms with Crippen molar-refractivity contribution < 1.29 is 0 Å². The maximum atomic E-state index is 4.62. The van der Waals surface area contributed by atoms with Crippen LogP contribution < -0.4 is 5.32 Å². The maximum Gasteiger partial charge on any atom is 0.193 e. The minimum absolute atomic E-state index is 0. The number of nitrogens with one attached hydrogen (secondary N) is 1. The third kappa shape index (κ3) is 6.42. The van der Waals surface area contributed by atoms with Gasteiger partial charge in [-0.15, -0.1) is 35.3 Å². The molecule has 1 aromatic rings. The highest BCUT2D eigenvalue weighted by Crippen LogP contribution is 2.24. The van der Waals surface area contributed by atoms with Gasteiger partial charge in [-0.1, -0.05) is 20.8 Å². The van der Waals surface area contributed by atoms with E-state index in [4.69, 9.17) is 0 Å². The van der Waals surface area contributed by atoms with Crippen molar-refractivity contribution in [3.63, 3.8) is 0 Å². The Balaban J connectivity index is 0.00000264. The van der Waals surface area contributed by atoms with Crippen LogP contribution in [-0.2, 0) is 12.8 Å². The standard InChI is InChI=1S/C16H28N4S2.HI/c1-5-15-19-13(11-22-15)6-7-18-16(17-4)20-8-9-21-14(10-20)12(2)3;/h11-12,14H,5-10H2,1-4H3,(H,17,18);1H. The molecule has 0 aliphatic carbocycles. The van der Waals surface area contributed by atoms with Gasteiger partial charge in [-0.3, -0.25) is 4.99 Å². The molecule has 2 heterocycles. The van der Waals surface area contributed by atoms with Crippen molar-refractivity contribution in [2.45, 2.75) is 38.9 Å². The first-order valence-electron chi connectivity index (χ1n) is 8.14. The molecule has 0 bridgehead atoms. The molecule has 23 heavy (non-hydrogen) atoms. The number of hydrogen-bond acceptors (Lipinski definition) is 4. The van der Waals surface area contributed by atoms with Gasteiger partial charge in [0.05, 0.1) is 10.7 Å². The van der Waals surface area contributed by atoms with Crippen molar-refractivity contribution in [3.8, 4) is 0 Å². The smallest absolute Gasteiger partial charge is 0.193 e. The molecule has 1 N–H and O–H groups in total. The molecule has 0 aromatic carbocycles. The molecule has 1 atom stereocenters. The number of aromatic nitrogens is 1. The number of aliphatic imine (C=N–C) groups is 1. The van der Waals surface area contributed by atoms with E-state index in [1.807, 2.05) is 7.05 Å². The molecular weight excluding hydrogens is 439 g/mol. The predicted molar refractivity (Wildman–Crippen MR) is 115 cm³/mol. The van der Waals surface area contributed by atoms with Crippen LogP contribution in [0.1, 0.15) is 31.5 Å². The molecule has 0 amide bonds. The number of thiazole rings is 1. The first-order valence-corrected chi connectivity index (χ1v) is 10.1. The van der Waals surface area contributed by atoms with E-state index in [1.54, 1.807) is 11.3 Å². The highest BCUT2D eigenvalue weighted by atomic mass is 127. The van der Waals surface area contributed by atoms with E-state index in [-0.39, 0.29) is 24.0 Å². The van der Waals surface area contributed by atoms with Gasteiger partial charge < -0.3 is 10.2 Å². The molecule has 1 aliphatic heterocycles. The number of thioether (sulfide) groups is 1. The minimum atomic E-state index is 0. The normalized spacial score (nSPS) is 18.9. The summed E-state index contributed by atoms with van der Waals surface area (Å²) in [4.78, 5) is 11.5. The molecule has 1 unspecified atom stereocenters. The quantitative estimate of drug-likeness (QED) is 0.408. The van der Waals surface area contributed by atoms with E-state index >= 15 is 0 Å². The second kappa shape index (κ2) is 10.8. The van der Waals surface area contributed by atoms with E-state index in [1.165, 1.54) is 16.5 Å². The van der Waals surface area contributed by atoms with Gasteiger partial charge in [-0.25, -0.2) is 4.98 Å². The second-order valence-electron chi connectivity index (χ2n) is 5.91. The zero-order valence-electron chi connectivity index (χ0n) is 14.5. The van der Waals surface area contributed by atoms with Crippen molar-refractivity contribution in [1.82, 2.24) is 15.2 Å². The summed E-state index contributed by atoms with van der Waals surface area (Å²) in [7, 11) is 1.88. The van der Waals surface area contributed by atoms with Crippen molar-refractivity contribution >= 4 is 53.0 Å². The molecule has 1 aliphatic rings. The zero-order chi connectivity index (χ0) is 15.9. The lowest BCUT2D eigenvalue weighted by Gasteiger charge is -2.36. The first kappa shape index (κ1) is 21.0. The van der Waals surface area contributed by atoms with Crippen LogP contribution in [0.25, 0.3) is 0 Å². The Hall–Kier alpha value is -0.0200. The third-order valence-corrected chi connectivity index (χ3v) is 6.50. The van der Waals surface area contributed by atoms with Crippen molar-refractivity contribution in [1.29, 1.82) is 0 Å². The SMILES string of the molecule is CCc1nc(CCNC(=NC)N2CCSC(C(C)C)C2)cs1.I. The number of halogens is 1. The number of aryl methyl sites for hydroxylation is 1. The van der Waals surface area contributed by atoms with Crippen LogP contribution >= 0.6 is 47.1 Å². The van der Waals surface area contributed by atoms with Crippen LogP contribution in [0.4, 0.5) is 0 Å². The summed E-state index contributed by atoms with van der Waals surface area (Å²) in [5.41, 5.74) is 1.19. The molecule has 7 heteroatoms. The molecule has 0 spiro atoms. The van der Waals surface area contributed by atoms with Crippen LogP contribution in [-0.4, -0.2) is 53.5 Å². The van der Waals surface area contributed by atoms with Crippen molar-refractivity contribution in [2.75, 3.05) is 32.4 Å². The average molecular weight is 468 g/mol. The average Bonchev–Trinajstić information content (AvgIpc) is 2.99. The molecule has 4 nitrogen and oxygen atoms in total. The number of hydrogen-bond donors (Lipinski definition) is 1. The van der Waals surface area contributed by atoms with Gasteiger partial charge >= 0.3 is 0 Å². The number of guanidine groups is 1. The summed E-state index contributed by atoms with van der Waals surface area (Å²) in [6.45, 7) is 9.86. The highest BCUT2D eigenvalue weighted by molar-refractivity contribution is 14.0. The maximum absolute atomic E-state index is 4.62. The van der Waals surface area contributed by atoms with Gasteiger partial charge in [0.1, 0.15) is 0 Å². The first-order chi connectivity index (χ1) is 10.6. The van der Waals surface area contributed by atoms with Gasteiger partial charge in [0.25, 0.3) is 0 Å². The van der Waals surface area contributed by atoms with Gasteiger partial charge in [-0.05, 0) is 12.3 Å². The lowest BCUT2D eigenvalue weighted by Crippen LogP contribution is -2.49. The summed E-state index contributed by atoms with van der Waals surface area (Å²) < 4.78 is 0. The Morgan fingerprint density at radius 1 is 1.52 bits per heavy atom. The second-order valence-corrected chi connectivity index (χ2v) is 8.20. The summed E-state index contributed by atoms with van der Waals surface area (Å²) in [6.07, 6.45) is 1.99. The molecule has 1 saturated heterocycles. The van der Waals surface area contributed by atoms with Crippen LogP contribution in [0.5, 0.6) is 0 Å². The summed E-state index contributed by atoms with van der Waals surface area (Å²) in [5, 5.41) is 7.62. The Morgan fingerprint density at radius 3 is 2.91 bits per heavy atom. The van der Waals surface area contributed by atoms with E-state index in [0.717, 1.165) is 38.4 Å². The van der Waals surface area contributed by atoms with Gasteiger partial charge in [0.2, 0.25) is 0 Å². The van der Waals surface area contributed by atoms with Gasteiger partial charge in [0.15, 0.2) is 5.96 Å². The molecular formula is C16H29IN4S2. The Labute approximate surface area is 166 Å². The molecule has 0 radical (unpaired) electrons.